The lowest BCUT2D eigenvalue weighted by Gasteiger charge is -2.38. The standard InChI is InChI=1S/C18H13Cl2F3N2/c1-17(8-18(21,22)23)9-25-14-5-3-2-4-13(14)24-16(25)11-6-10(19)7-12(20)15(11)17/h2-7H,8-9H2,1H3. The van der Waals surface area contributed by atoms with Crippen LogP contribution in [-0.4, -0.2) is 15.7 Å². The lowest BCUT2D eigenvalue weighted by molar-refractivity contribution is -0.148. The number of hydrogen-bond donors (Lipinski definition) is 0. The average Bonchev–Trinajstić information content (AvgIpc) is 2.83. The zero-order valence-corrected chi connectivity index (χ0v) is 14.7. The van der Waals surface area contributed by atoms with E-state index in [4.69, 9.17) is 23.2 Å². The van der Waals surface area contributed by atoms with Crippen molar-refractivity contribution in [1.29, 1.82) is 0 Å². The van der Waals surface area contributed by atoms with Crippen LogP contribution in [0.4, 0.5) is 13.2 Å². The second-order valence-electron chi connectivity index (χ2n) is 6.67. The molecule has 1 aromatic heterocycles. The van der Waals surface area contributed by atoms with E-state index in [0.717, 1.165) is 11.0 Å². The first-order chi connectivity index (χ1) is 11.7. The molecule has 130 valence electrons. The van der Waals surface area contributed by atoms with Gasteiger partial charge in [0.2, 0.25) is 0 Å². The van der Waals surface area contributed by atoms with Crippen LogP contribution in [0.5, 0.6) is 0 Å². The minimum absolute atomic E-state index is 0.150. The van der Waals surface area contributed by atoms with Gasteiger partial charge in [-0.3, -0.25) is 0 Å². The molecular weight excluding hydrogens is 372 g/mol. The van der Waals surface area contributed by atoms with E-state index in [9.17, 15) is 13.2 Å². The highest BCUT2D eigenvalue weighted by Crippen LogP contribution is 2.49. The van der Waals surface area contributed by atoms with Gasteiger partial charge in [-0.1, -0.05) is 42.3 Å². The molecule has 2 nitrogen and oxygen atoms in total. The van der Waals surface area contributed by atoms with Crippen molar-refractivity contribution in [1.82, 2.24) is 9.55 Å². The second-order valence-corrected chi connectivity index (χ2v) is 7.52. The van der Waals surface area contributed by atoms with E-state index in [0.29, 0.717) is 22.0 Å². The molecule has 0 saturated carbocycles. The minimum Gasteiger partial charge on any atom is -0.323 e. The number of para-hydroxylation sites is 2. The third kappa shape index (κ3) is 2.70. The predicted octanol–water partition coefficient (Wildman–Crippen LogP) is 6.23. The van der Waals surface area contributed by atoms with E-state index in [-0.39, 0.29) is 11.6 Å². The molecule has 1 unspecified atom stereocenters. The number of rotatable bonds is 1. The van der Waals surface area contributed by atoms with Gasteiger partial charge in [-0.25, -0.2) is 4.98 Å². The van der Waals surface area contributed by atoms with E-state index < -0.39 is 18.0 Å². The molecular formula is C18H13Cl2F3N2. The van der Waals surface area contributed by atoms with Gasteiger partial charge in [-0.05, 0) is 29.8 Å². The van der Waals surface area contributed by atoms with Crippen molar-refractivity contribution in [3.05, 3.63) is 52.0 Å². The van der Waals surface area contributed by atoms with Crippen molar-refractivity contribution in [3.8, 4) is 11.4 Å². The summed E-state index contributed by atoms with van der Waals surface area (Å²) in [6, 6.07) is 10.5. The Kier molecular flexibility index (Phi) is 3.61. The Morgan fingerprint density at radius 3 is 2.64 bits per heavy atom. The number of alkyl halides is 3. The van der Waals surface area contributed by atoms with Gasteiger partial charge in [0, 0.05) is 27.6 Å². The molecule has 4 rings (SSSR count). The number of fused-ring (bicyclic) bond motifs is 5. The van der Waals surface area contributed by atoms with Crippen LogP contribution >= 0.6 is 23.2 Å². The molecule has 7 heteroatoms. The summed E-state index contributed by atoms with van der Waals surface area (Å²) in [6.45, 7) is 1.74. The van der Waals surface area contributed by atoms with Crippen LogP contribution in [0.2, 0.25) is 10.0 Å². The fraction of sp³-hybridized carbons (Fsp3) is 0.278. The third-order valence-electron chi connectivity index (χ3n) is 4.65. The number of nitrogens with zero attached hydrogens (tertiary/aromatic N) is 2. The molecule has 0 N–H and O–H groups in total. The van der Waals surface area contributed by atoms with E-state index in [1.54, 1.807) is 13.0 Å². The van der Waals surface area contributed by atoms with Crippen LogP contribution in [0.25, 0.3) is 22.4 Å². The molecule has 2 heterocycles. The van der Waals surface area contributed by atoms with Gasteiger partial charge < -0.3 is 4.57 Å². The van der Waals surface area contributed by atoms with Crippen LogP contribution in [0, 0.1) is 0 Å². The molecule has 3 aromatic rings. The van der Waals surface area contributed by atoms with E-state index in [1.807, 2.05) is 28.8 Å². The summed E-state index contributed by atoms with van der Waals surface area (Å²) < 4.78 is 41.8. The lowest BCUT2D eigenvalue weighted by Crippen LogP contribution is -2.37. The molecule has 1 atom stereocenters. The Morgan fingerprint density at radius 1 is 1.20 bits per heavy atom. The van der Waals surface area contributed by atoms with Crippen molar-refractivity contribution in [2.75, 3.05) is 0 Å². The molecule has 0 fully saturated rings. The number of benzene rings is 2. The highest BCUT2D eigenvalue weighted by Gasteiger charge is 2.46. The summed E-state index contributed by atoms with van der Waals surface area (Å²) in [5, 5.41) is 0.617. The summed E-state index contributed by atoms with van der Waals surface area (Å²) in [7, 11) is 0. The summed E-state index contributed by atoms with van der Waals surface area (Å²) >= 11 is 12.5. The first kappa shape index (κ1) is 16.7. The van der Waals surface area contributed by atoms with Crippen LogP contribution < -0.4 is 0 Å². The molecule has 0 spiro atoms. The first-order valence-corrected chi connectivity index (χ1v) is 8.45. The smallest absolute Gasteiger partial charge is 0.323 e. The van der Waals surface area contributed by atoms with Crippen molar-refractivity contribution >= 4 is 34.2 Å². The Morgan fingerprint density at radius 2 is 1.92 bits per heavy atom. The van der Waals surface area contributed by atoms with Gasteiger partial charge in [0.15, 0.2) is 0 Å². The van der Waals surface area contributed by atoms with Crippen LogP contribution in [-0.2, 0) is 12.0 Å². The summed E-state index contributed by atoms with van der Waals surface area (Å²) in [5.74, 6) is 0.597. The Labute approximate surface area is 152 Å². The molecule has 0 bridgehead atoms. The topological polar surface area (TPSA) is 17.8 Å². The zero-order valence-electron chi connectivity index (χ0n) is 13.2. The number of imidazole rings is 1. The molecule has 25 heavy (non-hydrogen) atoms. The number of aromatic nitrogens is 2. The van der Waals surface area contributed by atoms with Crippen molar-refractivity contribution in [3.63, 3.8) is 0 Å². The lowest BCUT2D eigenvalue weighted by atomic mass is 9.74. The minimum atomic E-state index is -4.32. The number of halogens is 5. The molecule has 1 aliphatic heterocycles. The maximum Gasteiger partial charge on any atom is 0.390 e. The van der Waals surface area contributed by atoms with Crippen LogP contribution in [0.1, 0.15) is 18.9 Å². The summed E-state index contributed by atoms with van der Waals surface area (Å²) in [4.78, 5) is 4.60. The van der Waals surface area contributed by atoms with Gasteiger partial charge in [0.1, 0.15) is 5.82 Å². The van der Waals surface area contributed by atoms with Crippen LogP contribution in [0.3, 0.4) is 0 Å². The van der Waals surface area contributed by atoms with E-state index in [1.165, 1.54) is 6.07 Å². The predicted molar refractivity (Wildman–Crippen MR) is 93.2 cm³/mol. The Hall–Kier alpha value is -1.72. The van der Waals surface area contributed by atoms with E-state index in [2.05, 4.69) is 4.98 Å². The van der Waals surface area contributed by atoms with E-state index >= 15 is 0 Å². The molecule has 0 saturated heterocycles. The molecule has 0 amide bonds. The van der Waals surface area contributed by atoms with Gasteiger partial charge in [-0.2, -0.15) is 13.2 Å². The van der Waals surface area contributed by atoms with Crippen molar-refractivity contribution in [2.24, 2.45) is 0 Å². The van der Waals surface area contributed by atoms with Gasteiger partial charge in [0.05, 0.1) is 17.5 Å². The van der Waals surface area contributed by atoms with Gasteiger partial charge >= 0.3 is 6.18 Å². The highest BCUT2D eigenvalue weighted by atomic mass is 35.5. The molecule has 0 radical (unpaired) electrons. The average molecular weight is 385 g/mol. The van der Waals surface area contributed by atoms with Crippen molar-refractivity contribution in [2.45, 2.75) is 31.5 Å². The number of hydrogen-bond acceptors (Lipinski definition) is 1. The zero-order chi connectivity index (χ0) is 18.0. The largest absolute Gasteiger partial charge is 0.390 e. The van der Waals surface area contributed by atoms with Gasteiger partial charge in [-0.15, -0.1) is 0 Å². The van der Waals surface area contributed by atoms with Gasteiger partial charge in [0.25, 0.3) is 0 Å². The fourth-order valence-corrected chi connectivity index (χ4v) is 4.54. The summed E-state index contributed by atoms with van der Waals surface area (Å²) in [5.41, 5.74) is 1.35. The van der Waals surface area contributed by atoms with Crippen molar-refractivity contribution < 1.29 is 13.2 Å². The normalized spacial score (nSPS) is 19.8. The fourth-order valence-electron chi connectivity index (χ4n) is 3.82. The Bertz CT molecular complexity index is 994. The monoisotopic (exact) mass is 384 g/mol. The maximum absolute atomic E-state index is 13.3. The third-order valence-corrected chi connectivity index (χ3v) is 5.17. The SMILES string of the molecule is CC1(CC(F)(F)F)Cn2c(nc3ccccc32)-c2cc(Cl)cc(Cl)c21. The maximum atomic E-state index is 13.3. The second kappa shape index (κ2) is 5.39. The van der Waals surface area contributed by atoms with Crippen LogP contribution in [0.15, 0.2) is 36.4 Å². The molecule has 1 aliphatic rings. The first-order valence-electron chi connectivity index (χ1n) is 7.70. The quantitative estimate of drug-likeness (QED) is 0.485. The Balaban J connectivity index is 2.05. The molecule has 0 aliphatic carbocycles. The summed E-state index contributed by atoms with van der Waals surface area (Å²) in [6.07, 6.45) is -5.29. The molecule has 2 aromatic carbocycles. The highest BCUT2D eigenvalue weighted by molar-refractivity contribution is 6.35.